The lowest BCUT2D eigenvalue weighted by Crippen LogP contribution is -2.47. The second-order valence-corrected chi connectivity index (χ2v) is 12.9. The Kier molecular flexibility index (Phi) is 8.16. The van der Waals surface area contributed by atoms with Crippen LogP contribution in [-0.4, -0.2) is 65.2 Å². The van der Waals surface area contributed by atoms with Crippen molar-refractivity contribution in [3.05, 3.63) is 99.3 Å². The third-order valence-electron chi connectivity index (χ3n) is 10.1. The molecule has 6 bridgehead atoms. The Bertz CT molecular complexity index is 1800. The van der Waals surface area contributed by atoms with Gasteiger partial charge in [0.25, 0.3) is 0 Å². The fraction of sp³-hybridized carbons (Fsp3) is 0.368. The molecule has 9 nitrogen and oxygen atoms in total. The molecule has 0 saturated carbocycles. The van der Waals surface area contributed by atoms with Crippen LogP contribution in [-0.2, 0) is 25.7 Å². The highest BCUT2D eigenvalue weighted by Gasteiger charge is 2.37. The molecular formula is C38H42N2O7. The van der Waals surface area contributed by atoms with Gasteiger partial charge in [0, 0.05) is 36.6 Å². The van der Waals surface area contributed by atoms with Gasteiger partial charge in [-0.05, 0) is 84.6 Å². The highest BCUT2D eigenvalue weighted by molar-refractivity contribution is 5.63. The number of rotatable bonds is 4. The predicted molar refractivity (Wildman–Crippen MR) is 179 cm³/mol. The highest BCUT2D eigenvalue weighted by atomic mass is 16.6. The highest BCUT2D eigenvalue weighted by Crippen LogP contribution is 2.52. The Balaban J connectivity index is 1.48. The van der Waals surface area contributed by atoms with E-state index in [4.69, 9.17) is 28.4 Å². The van der Waals surface area contributed by atoms with E-state index in [0.717, 1.165) is 46.3 Å². The van der Waals surface area contributed by atoms with Crippen molar-refractivity contribution in [1.29, 1.82) is 0 Å². The molecule has 0 aromatic heterocycles. The van der Waals surface area contributed by atoms with Crippen LogP contribution in [0, 0.1) is 5.21 Å². The lowest BCUT2D eigenvalue weighted by Gasteiger charge is -2.49. The topological polar surface area (TPSA) is 81.7 Å². The third kappa shape index (κ3) is 5.62. The lowest BCUT2D eigenvalue weighted by atomic mass is 9.87. The van der Waals surface area contributed by atoms with Crippen molar-refractivity contribution in [3.8, 4) is 46.0 Å². The molecule has 0 N–H and O–H groups in total. The van der Waals surface area contributed by atoms with Crippen LogP contribution >= 0.6 is 0 Å². The van der Waals surface area contributed by atoms with E-state index in [2.05, 4.69) is 30.1 Å². The zero-order chi connectivity index (χ0) is 32.9. The average molecular weight is 639 g/mol. The summed E-state index contributed by atoms with van der Waals surface area (Å²) in [7, 11) is 10.5. The van der Waals surface area contributed by atoms with Crippen molar-refractivity contribution in [1.82, 2.24) is 4.90 Å². The molecular weight excluding hydrogens is 596 g/mol. The van der Waals surface area contributed by atoms with Gasteiger partial charge < -0.3 is 38.3 Å². The smallest absolute Gasteiger partial charge is 0.204 e. The molecule has 246 valence electrons. The SMILES string of the molecule is COc1ccc2cc1Oc1ccc(cc1)C[C@H]1c3cc(c(OC)cc3CC[N@+]1(C)[O-])Oc1c(OC)c(OC)cc3c1[C@H](C2)N(C)CC3. The molecule has 4 aliphatic rings. The first kappa shape index (κ1) is 31.2. The molecule has 0 fully saturated rings. The zero-order valence-corrected chi connectivity index (χ0v) is 27.9. The van der Waals surface area contributed by atoms with Crippen molar-refractivity contribution < 1.29 is 33.1 Å². The number of benzene rings is 4. The van der Waals surface area contributed by atoms with E-state index in [0.29, 0.717) is 71.8 Å². The number of nitrogens with zero attached hydrogens (tertiary/aromatic N) is 2. The largest absolute Gasteiger partial charge is 0.633 e. The number of methoxy groups -OCH3 is 4. The minimum atomic E-state index is -0.383. The molecule has 8 rings (SSSR count). The summed E-state index contributed by atoms with van der Waals surface area (Å²) in [6, 6.07) is 19.8. The molecule has 4 aromatic carbocycles. The van der Waals surface area contributed by atoms with Gasteiger partial charge in [-0.3, -0.25) is 4.90 Å². The Morgan fingerprint density at radius 1 is 0.745 bits per heavy atom. The van der Waals surface area contributed by atoms with Crippen molar-refractivity contribution in [2.75, 3.05) is 55.6 Å². The Morgan fingerprint density at radius 2 is 1.45 bits per heavy atom. The van der Waals surface area contributed by atoms with E-state index in [1.807, 2.05) is 42.5 Å². The van der Waals surface area contributed by atoms with Crippen LogP contribution in [0.5, 0.6) is 46.0 Å². The molecule has 3 atom stereocenters. The van der Waals surface area contributed by atoms with E-state index in [-0.39, 0.29) is 16.7 Å². The molecule has 9 heteroatoms. The first-order valence-corrected chi connectivity index (χ1v) is 16.1. The van der Waals surface area contributed by atoms with Crippen LogP contribution in [0.25, 0.3) is 0 Å². The molecule has 0 unspecified atom stereocenters. The van der Waals surface area contributed by atoms with Crippen LogP contribution in [0.15, 0.2) is 60.7 Å². The monoisotopic (exact) mass is 638 g/mol. The van der Waals surface area contributed by atoms with E-state index < -0.39 is 0 Å². The summed E-state index contributed by atoms with van der Waals surface area (Å²) in [5, 5.41) is 14.1. The number of hydrogen-bond donors (Lipinski definition) is 0. The maximum atomic E-state index is 14.1. The van der Waals surface area contributed by atoms with Gasteiger partial charge in [0.15, 0.2) is 34.5 Å². The van der Waals surface area contributed by atoms with Crippen molar-refractivity contribution in [2.24, 2.45) is 0 Å². The number of likely N-dealkylation sites (N-methyl/N-ethyl adjacent to an activating group) is 2. The Morgan fingerprint density at radius 3 is 2.17 bits per heavy atom. The molecule has 0 radical (unpaired) electrons. The quantitative estimate of drug-likeness (QED) is 0.172. The molecule has 4 aromatic rings. The summed E-state index contributed by atoms with van der Waals surface area (Å²) < 4.78 is 36.5. The van der Waals surface area contributed by atoms with Gasteiger partial charge in [-0.1, -0.05) is 18.2 Å². The van der Waals surface area contributed by atoms with Crippen LogP contribution in [0.2, 0.25) is 0 Å². The molecule has 0 saturated heterocycles. The van der Waals surface area contributed by atoms with Crippen LogP contribution in [0.3, 0.4) is 0 Å². The Hall–Kier alpha value is -4.44. The van der Waals surface area contributed by atoms with Gasteiger partial charge in [0.2, 0.25) is 5.75 Å². The minimum Gasteiger partial charge on any atom is -0.633 e. The summed E-state index contributed by atoms with van der Waals surface area (Å²) in [5.74, 6) is 4.85. The average Bonchev–Trinajstić information content (AvgIpc) is 3.07. The van der Waals surface area contributed by atoms with Crippen LogP contribution < -0.4 is 28.4 Å². The zero-order valence-electron chi connectivity index (χ0n) is 27.9. The number of hydrogen-bond acceptors (Lipinski definition) is 8. The van der Waals surface area contributed by atoms with E-state index >= 15 is 0 Å². The summed E-state index contributed by atoms with van der Waals surface area (Å²) in [6.07, 6.45) is 2.72. The standard InChI is InChI=1S/C38H42N2O7/c1-39-15-13-26-21-35(44-5)37(45-6)38-36(26)29(39)17-24-9-12-31(42-3)33(19-24)46-27-10-7-23(8-11-27)18-30-28-22-34(47-38)32(43-4)20-25(28)14-16-40(30,2)41/h7-12,19-22,29-30H,13-18H2,1-6H3/t29-,30-,40-/m0/s1. The first-order chi connectivity index (χ1) is 22.7. The van der Waals surface area contributed by atoms with Crippen LogP contribution in [0.4, 0.5) is 0 Å². The van der Waals surface area contributed by atoms with Crippen molar-refractivity contribution in [3.63, 3.8) is 0 Å². The first-order valence-electron chi connectivity index (χ1n) is 16.1. The third-order valence-corrected chi connectivity index (χ3v) is 10.1. The second-order valence-electron chi connectivity index (χ2n) is 12.9. The van der Waals surface area contributed by atoms with Gasteiger partial charge in [0.05, 0.1) is 42.0 Å². The van der Waals surface area contributed by atoms with Crippen molar-refractivity contribution >= 4 is 0 Å². The fourth-order valence-corrected chi connectivity index (χ4v) is 7.42. The summed E-state index contributed by atoms with van der Waals surface area (Å²) in [4.78, 5) is 2.35. The molecule has 0 spiro atoms. The normalized spacial score (nSPS) is 21.8. The molecule has 0 amide bonds. The number of hydroxylamine groups is 3. The Labute approximate surface area is 276 Å². The van der Waals surface area contributed by atoms with Gasteiger partial charge in [-0.25, -0.2) is 0 Å². The lowest BCUT2D eigenvalue weighted by molar-refractivity contribution is -0.894. The number of fused-ring (bicyclic) bond motifs is 2. The maximum Gasteiger partial charge on any atom is 0.204 e. The maximum absolute atomic E-state index is 14.1. The van der Waals surface area contributed by atoms with Gasteiger partial charge >= 0.3 is 0 Å². The van der Waals surface area contributed by atoms with Gasteiger partial charge in [-0.2, -0.15) is 0 Å². The number of quaternary nitrogens is 1. The summed E-state index contributed by atoms with van der Waals surface area (Å²) in [6.45, 7) is 1.34. The molecule has 47 heavy (non-hydrogen) atoms. The molecule has 0 aliphatic carbocycles. The number of ether oxygens (including phenoxy) is 6. The van der Waals surface area contributed by atoms with Gasteiger partial charge in [0.1, 0.15) is 11.8 Å². The second kappa shape index (κ2) is 12.3. The van der Waals surface area contributed by atoms with E-state index in [9.17, 15) is 5.21 Å². The summed E-state index contributed by atoms with van der Waals surface area (Å²) in [5.41, 5.74) is 6.37. The van der Waals surface area contributed by atoms with E-state index in [1.54, 1.807) is 35.5 Å². The molecule has 4 heterocycles. The van der Waals surface area contributed by atoms with Crippen molar-refractivity contribution in [2.45, 2.75) is 37.8 Å². The van der Waals surface area contributed by atoms with Crippen LogP contribution in [0.1, 0.15) is 45.5 Å². The predicted octanol–water partition coefficient (Wildman–Crippen LogP) is 7.18. The fourth-order valence-electron chi connectivity index (χ4n) is 7.42. The summed E-state index contributed by atoms with van der Waals surface area (Å²) >= 11 is 0. The van der Waals surface area contributed by atoms with Gasteiger partial charge in [-0.15, -0.1) is 0 Å². The minimum absolute atomic E-state index is 0.0501. The van der Waals surface area contributed by atoms with E-state index in [1.165, 1.54) is 0 Å². The molecule has 4 aliphatic heterocycles.